The molecule has 0 unspecified atom stereocenters. The third-order valence-electron chi connectivity index (χ3n) is 3.28. The van der Waals surface area contributed by atoms with E-state index in [1.165, 1.54) is 0 Å². The van der Waals surface area contributed by atoms with Gasteiger partial charge in [-0.05, 0) is 43.2 Å². The van der Waals surface area contributed by atoms with E-state index in [1.807, 2.05) is 0 Å². The fraction of sp³-hybridized carbons (Fsp3) is 0.188. The molecule has 0 saturated heterocycles. The van der Waals surface area contributed by atoms with Crippen LogP contribution < -0.4 is 10.6 Å². The Labute approximate surface area is 122 Å². The lowest BCUT2D eigenvalue weighted by atomic mass is 10.2. The Morgan fingerprint density at radius 3 is 2.48 bits per heavy atom. The van der Waals surface area contributed by atoms with Gasteiger partial charge in [-0.15, -0.1) is 0 Å². The van der Waals surface area contributed by atoms with Crippen molar-refractivity contribution in [2.45, 2.75) is 12.8 Å². The van der Waals surface area contributed by atoms with E-state index in [1.54, 1.807) is 48.8 Å². The average Bonchev–Trinajstić information content (AvgIpc) is 3.33. The molecular formula is C16H15N3O2. The maximum absolute atomic E-state index is 12.2. The first kappa shape index (κ1) is 13.3. The summed E-state index contributed by atoms with van der Waals surface area (Å²) in [6, 6.07) is 10.4. The van der Waals surface area contributed by atoms with Crippen molar-refractivity contribution < 1.29 is 9.59 Å². The number of hydrogen-bond acceptors (Lipinski definition) is 3. The van der Waals surface area contributed by atoms with Crippen LogP contribution in [0, 0.1) is 5.92 Å². The predicted octanol–water partition coefficient (Wildman–Crippen LogP) is 2.68. The van der Waals surface area contributed by atoms with E-state index >= 15 is 0 Å². The zero-order valence-electron chi connectivity index (χ0n) is 11.4. The Kier molecular flexibility index (Phi) is 3.64. The van der Waals surface area contributed by atoms with Gasteiger partial charge < -0.3 is 10.6 Å². The van der Waals surface area contributed by atoms with Crippen molar-refractivity contribution in [2.24, 2.45) is 5.92 Å². The zero-order chi connectivity index (χ0) is 14.7. The molecule has 0 atom stereocenters. The molecule has 5 heteroatoms. The van der Waals surface area contributed by atoms with Gasteiger partial charge in [-0.25, -0.2) is 0 Å². The van der Waals surface area contributed by atoms with Crippen LogP contribution in [-0.2, 0) is 4.79 Å². The second-order valence-electron chi connectivity index (χ2n) is 5.03. The lowest BCUT2D eigenvalue weighted by Gasteiger charge is -2.08. The Balaban J connectivity index is 1.69. The van der Waals surface area contributed by atoms with Crippen LogP contribution in [0.15, 0.2) is 48.8 Å². The van der Waals surface area contributed by atoms with E-state index in [4.69, 9.17) is 0 Å². The number of nitrogens with zero attached hydrogens (tertiary/aromatic N) is 1. The quantitative estimate of drug-likeness (QED) is 0.905. The Bertz CT molecular complexity index is 666. The van der Waals surface area contributed by atoms with Crippen LogP contribution in [0.1, 0.15) is 23.2 Å². The molecule has 1 heterocycles. The zero-order valence-corrected chi connectivity index (χ0v) is 11.4. The number of pyridine rings is 1. The van der Waals surface area contributed by atoms with Gasteiger partial charge in [0.1, 0.15) is 0 Å². The highest BCUT2D eigenvalue weighted by Crippen LogP contribution is 2.30. The largest absolute Gasteiger partial charge is 0.326 e. The van der Waals surface area contributed by atoms with E-state index in [0.29, 0.717) is 16.9 Å². The molecule has 0 aliphatic heterocycles. The molecule has 2 amide bonds. The van der Waals surface area contributed by atoms with Crippen molar-refractivity contribution in [1.82, 2.24) is 4.98 Å². The first-order chi connectivity index (χ1) is 10.2. The molecule has 0 spiro atoms. The summed E-state index contributed by atoms with van der Waals surface area (Å²) in [6.07, 6.45) is 5.13. The van der Waals surface area contributed by atoms with Crippen molar-refractivity contribution in [3.05, 3.63) is 54.4 Å². The first-order valence-corrected chi connectivity index (χ1v) is 6.85. The molecule has 106 valence electrons. The van der Waals surface area contributed by atoms with Crippen molar-refractivity contribution in [3.8, 4) is 0 Å². The molecule has 0 radical (unpaired) electrons. The third-order valence-corrected chi connectivity index (χ3v) is 3.28. The number of benzene rings is 1. The molecule has 1 aromatic heterocycles. The number of carbonyl (C=O) groups is 2. The number of aromatic nitrogens is 1. The fourth-order valence-electron chi connectivity index (χ4n) is 1.97. The molecule has 1 aromatic carbocycles. The van der Waals surface area contributed by atoms with E-state index in [0.717, 1.165) is 12.8 Å². The van der Waals surface area contributed by atoms with Crippen LogP contribution in [0.4, 0.5) is 11.4 Å². The Morgan fingerprint density at radius 1 is 1.00 bits per heavy atom. The highest BCUT2D eigenvalue weighted by atomic mass is 16.2. The van der Waals surface area contributed by atoms with Gasteiger partial charge in [0.05, 0.1) is 0 Å². The highest BCUT2D eigenvalue weighted by molar-refractivity contribution is 6.05. The number of rotatable bonds is 4. The van der Waals surface area contributed by atoms with Gasteiger partial charge in [0.25, 0.3) is 5.91 Å². The van der Waals surface area contributed by atoms with E-state index < -0.39 is 0 Å². The number of carbonyl (C=O) groups excluding carboxylic acids is 2. The number of amides is 2. The molecule has 3 rings (SSSR count). The summed E-state index contributed by atoms with van der Waals surface area (Å²) in [4.78, 5) is 27.8. The standard InChI is InChI=1S/C16H15N3O2/c20-15(11-4-5-11)19-14-3-1-2-12(10-14)16(21)18-13-6-8-17-9-7-13/h1-3,6-11H,4-5H2,(H,19,20)(H,17,18,21). The molecule has 21 heavy (non-hydrogen) atoms. The molecule has 1 fully saturated rings. The molecule has 2 N–H and O–H groups in total. The van der Waals surface area contributed by atoms with E-state index in [9.17, 15) is 9.59 Å². The van der Waals surface area contributed by atoms with Crippen LogP contribution >= 0.6 is 0 Å². The lowest BCUT2D eigenvalue weighted by Crippen LogP contribution is -2.15. The van der Waals surface area contributed by atoms with Gasteiger partial charge >= 0.3 is 0 Å². The summed E-state index contributed by atoms with van der Waals surface area (Å²) in [7, 11) is 0. The van der Waals surface area contributed by atoms with E-state index in [-0.39, 0.29) is 17.7 Å². The predicted molar refractivity (Wildman–Crippen MR) is 80.0 cm³/mol. The van der Waals surface area contributed by atoms with Gasteiger partial charge in [0.15, 0.2) is 0 Å². The minimum atomic E-state index is -0.219. The van der Waals surface area contributed by atoms with Gasteiger partial charge in [0, 0.05) is 35.2 Å². The SMILES string of the molecule is O=C(Nc1ccncc1)c1cccc(NC(=O)C2CC2)c1. The van der Waals surface area contributed by atoms with Crippen molar-refractivity contribution in [2.75, 3.05) is 10.6 Å². The van der Waals surface area contributed by atoms with Crippen LogP contribution in [0.25, 0.3) is 0 Å². The van der Waals surface area contributed by atoms with Crippen LogP contribution in [0.5, 0.6) is 0 Å². The summed E-state index contributed by atoms with van der Waals surface area (Å²) in [6.45, 7) is 0. The van der Waals surface area contributed by atoms with Crippen molar-refractivity contribution in [1.29, 1.82) is 0 Å². The molecule has 0 bridgehead atoms. The molecule has 1 aliphatic carbocycles. The molecule has 5 nitrogen and oxygen atoms in total. The summed E-state index contributed by atoms with van der Waals surface area (Å²) >= 11 is 0. The van der Waals surface area contributed by atoms with Gasteiger partial charge in [-0.3, -0.25) is 14.6 Å². The maximum Gasteiger partial charge on any atom is 0.255 e. The molecule has 2 aromatic rings. The fourth-order valence-corrected chi connectivity index (χ4v) is 1.97. The van der Waals surface area contributed by atoms with Crippen molar-refractivity contribution >= 4 is 23.2 Å². The van der Waals surface area contributed by atoms with Crippen LogP contribution in [-0.4, -0.2) is 16.8 Å². The first-order valence-electron chi connectivity index (χ1n) is 6.85. The van der Waals surface area contributed by atoms with Crippen molar-refractivity contribution in [3.63, 3.8) is 0 Å². The topological polar surface area (TPSA) is 71.1 Å². The van der Waals surface area contributed by atoms with Gasteiger partial charge in [0.2, 0.25) is 5.91 Å². The van der Waals surface area contributed by atoms with Crippen LogP contribution in [0.2, 0.25) is 0 Å². The smallest absolute Gasteiger partial charge is 0.255 e. The Hall–Kier alpha value is -2.69. The lowest BCUT2D eigenvalue weighted by molar-refractivity contribution is -0.117. The molecule has 1 saturated carbocycles. The normalized spacial score (nSPS) is 13.5. The third kappa shape index (κ3) is 3.45. The van der Waals surface area contributed by atoms with Gasteiger partial charge in [-0.1, -0.05) is 6.07 Å². The number of anilines is 2. The monoisotopic (exact) mass is 281 g/mol. The summed E-state index contributed by atoms with van der Waals surface area (Å²) in [5.41, 5.74) is 1.83. The number of hydrogen-bond donors (Lipinski definition) is 2. The highest BCUT2D eigenvalue weighted by Gasteiger charge is 2.29. The second kappa shape index (κ2) is 5.75. The number of nitrogens with one attached hydrogen (secondary N) is 2. The van der Waals surface area contributed by atoms with Gasteiger partial charge in [-0.2, -0.15) is 0 Å². The maximum atomic E-state index is 12.2. The summed E-state index contributed by atoms with van der Waals surface area (Å²) < 4.78 is 0. The molecule has 1 aliphatic rings. The second-order valence-corrected chi connectivity index (χ2v) is 5.03. The molecular weight excluding hydrogens is 266 g/mol. The van der Waals surface area contributed by atoms with E-state index in [2.05, 4.69) is 15.6 Å². The average molecular weight is 281 g/mol. The summed E-state index contributed by atoms with van der Waals surface area (Å²) in [5.74, 6) is -0.0512. The minimum Gasteiger partial charge on any atom is -0.326 e. The Morgan fingerprint density at radius 2 is 1.76 bits per heavy atom. The minimum absolute atomic E-state index is 0.0293. The van der Waals surface area contributed by atoms with Crippen LogP contribution in [0.3, 0.4) is 0 Å². The summed E-state index contributed by atoms with van der Waals surface area (Å²) in [5, 5.41) is 5.62.